The van der Waals surface area contributed by atoms with E-state index in [0.29, 0.717) is 5.56 Å². The molecule has 0 aliphatic heterocycles. The zero-order valence-corrected chi connectivity index (χ0v) is 12.9. The SMILES string of the molecule is NCC(c1ccccc1Br)C(O)c1ccc(F)cc1Cl. The fourth-order valence-corrected chi connectivity index (χ4v) is 3.02. The van der Waals surface area contributed by atoms with Crippen molar-refractivity contribution >= 4 is 27.5 Å². The summed E-state index contributed by atoms with van der Waals surface area (Å²) in [4.78, 5) is 0. The summed E-state index contributed by atoms with van der Waals surface area (Å²) >= 11 is 9.45. The summed E-state index contributed by atoms with van der Waals surface area (Å²) in [5, 5.41) is 10.7. The molecule has 0 aromatic heterocycles. The van der Waals surface area contributed by atoms with Crippen molar-refractivity contribution in [1.82, 2.24) is 0 Å². The van der Waals surface area contributed by atoms with Gasteiger partial charge in [0, 0.05) is 22.0 Å². The van der Waals surface area contributed by atoms with Gasteiger partial charge >= 0.3 is 0 Å². The van der Waals surface area contributed by atoms with E-state index in [2.05, 4.69) is 15.9 Å². The predicted octanol–water partition coefficient (Wildman–Crippen LogP) is 4.02. The second kappa shape index (κ2) is 6.68. The van der Waals surface area contributed by atoms with Crippen molar-refractivity contribution in [2.45, 2.75) is 12.0 Å². The first-order chi connectivity index (χ1) is 9.54. The van der Waals surface area contributed by atoms with E-state index in [4.69, 9.17) is 17.3 Å². The average Bonchev–Trinajstić information content (AvgIpc) is 2.41. The molecule has 20 heavy (non-hydrogen) atoms. The molecule has 0 saturated heterocycles. The van der Waals surface area contributed by atoms with Gasteiger partial charge < -0.3 is 10.8 Å². The lowest BCUT2D eigenvalue weighted by Crippen LogP contribution is -2.21. The van der Waals surface area contributed by atoms with E-state index >= 15 is 0 Å². The highest BCUT2D eigenvalue weighted by Gasteiger charge is 2.25. The van der Waals surface area contributed by atoms with Crippen molar-refractivity contribution in [3.8, 4) is 0 Å². The van der Waals surface area contributed by atoms with Crippen LogP contribution in [0.2, 0.25) is 5.02 Å². The van der Waals surface area contributed by atoms with Crippen molar-refractivity contribution in [1.29, 1.82) is 0 Å². The summed E-state index contributed by atoms with van der Waals surface area (Å²) in [5.41, 5.74) is 7.16. The van der Waals surface area contributed by atoms with E-state index in [1.807, 2.05) is 24.3 Å². The number of nitrogens with two attached hydrogens (primary N) is 1. The van der Waals surface area contributed by atoms with E-state index in [0.717, 1.165) is 10.0 Å². The minimum absolute atomic E-state index is 0.197. The molecule has 0 radical (unpaired) electrons. The third-order valence-electron chi connectivity index (χ3n) is 3.22. The molecule has 0 aliphatic rings. The summed E-state index contributed by atoms with van der Waals surface area (Å²) in [6.45, 7) is 0.248. The van der Waals surface area contributed by atoms with Crippen molar-refractivity contribution in [3.05, 3.63) is 68.9 Å². The van der Waals surface area contributed by atoms with Crippen LogP contribution in [0.1, 0.15) is 23.1 Å². The number of aliphatic hydroxyl groups is 1. The van der Waals surface area contributed by atoms with Gasteiger partial charge in [-0.15, -0.1) is 0 Å². The molecule has 0 fully saturated rings. The van der Waals surface area contributed by atoms with Crippen LogP contribution in [0.3, 0.4) is 0 Å². The molecule has 2 aromatic carbocycles. The number of hydrogen-bond donors (Lipinski definition) is 2. The summed E-state index contributed by atoms with van der Waals surface area (Å²) in [7, 11) is 0. The summed E-state index contributed by atoms with van der Waals surface area (Å²) < 4.78 is 14.0. The van der Waals surface area contributed by atoms with E-state index in [1.54, 1.807) is 0 Å². The van der Waals surface area contributed by atoms with E-state index < -0.39 is 11.9 Å². The highest BCUT2D eigenvalue weighted by atomic mass is 79.9. The van der Waals surface area contributed by atoms with Crippen molar-refractivity contribution in [3.63, 3.8) is 0 Å². The zero-order chi connectivity index (χ0) is 14.7. The molecule has 0 spiro atoms. The average molecular weight is 359 g/mol. The number of hydrogen-bond acceptors (Lipinski definition) is 2. The van der Waals surface area contributed by atoms with Gasteiger partial charge in [0.15, 0.2) is 0 Å². The van der Waals surface area contributed by atoms with Crippen LogP contribution < -0.4 is 5.73 Å². The van der Waals surface area contributed by atoms with Crippen LogP contribution in [0.5, 0.6) is 0 Å². The van der Waals surface area contributed by atoms with Crippen molar-refractivity contribution < 1.29 is 9.50 Å². The van der Waals surface area contributed by atoms with Gasteiger partial charge in [0.2, 0.25) is 0 Å². The fraction of sp³-hybridized carbons (Fsp3) is 0.200. The molecule has 0 bridgehead atoms. The minimum Gasteiger partial charge on any atom is -0.388 e. The molecule has 106 valence electrons. The first kappa shape index (κ1) is 15.4. The number of aliphatic hydroxyl groups excluding tert-OH is 1. The smallest absolute Gasteiger partial charge is 0.124 e. The molecular formula is C15H14BrClFNO. The highest BCUT2D eigenvalue weighted by Crippen LogP contribution is 2.36. The lowest BCUT2D eigenvalue weighted by molar-refractivity contribution is 0.147. The second-order valence-electron chi connectivity index (χ2n) is 4.47. The minimum atomic E-state index is -0.896. The maximum atomic E-state index is 13.1. The molecule has 2 rings (SSSR count). The Bertz CT molecular complexity index is 608. The van der Waals surface area contributed by atoms with Crippen LogP contribution in [-0.4, -0.2) is 11.7 Å². The van der Waals surface area contributed by atoms with Gasteiger partial charge in [-0.3, -0.25) is 0 Å². The monoisotopic (exact) mass is 357 g/mol. The van der Waals surface area contributed by atoms with Crippen LogP contribution in [0.25, 0.3) is 0 Å². The summed E-state index contributed by atoms with van der Waals surface area (Å²) in [6, 6.07) is 11.5. The highest BCUT2D eigenvalue weighted by molar-refractivity contribution is 9.10. The van der Waals surface area contributed by atoms with Crippen LogP contribution in [0.4, 0.5) is 4.39 Å². The topological polar surface area (TPSA) is 46.2 Å². The first-order valence-electron chi connectivity index (χ1n) is 6.12. The van der Waals surface area contributed by atoms with Crippen LogP contribution in [0, 0.1) is 5.82 Å². The number of halogens is 3. The maximum absolute atomic E-state index is 13.1. The van der Waals surface area contributed by atoms with Gasteiger partial charge in [0.05, 0.1) is 6.10 Å². The van der Waals surface area contributed by atoms with Crippen LogP contribution in [-0.2, 0) is 0 Å². The van der Waals surface area contributed by atoms with Gasteiger partial charge in [0.1, 0.15) is 5.82 Å². The quantitative estimate of drug-likeness (QED) is 0.867. The van der Waals surface area contributed by atoms with Gasteiger partial charge in [-0.05, 0) is 29.3 Å². The molecule has 5 heteroatoms. The Morgan fingerprint density at radius 3 is 2.50 bits per heavy atom. The Morgan fingerprint density at radius 2 is 1.90 bits per heavy atom. The van der Waals surface area contributed by atoms with Gasteiger partial charge in [0.25, 0.3) is 0 Å². The van der Waals surface area contributed by atoms with Gasteiger partial charge in [-0.25, -0.2) is 4.39 Å². The van der Waals surface area contributed by atoms with E-state index in [-0.39, 0.29) is 17.5 Å². The van der Waals surface area contributed by atoms with Gasteiger partial charge in [-0.2, -0.15) is 0 Å². The van der Waals surface area contributed by atoms with Crippen molar-refractivity contribution in [2.75, 3.05) is 6.54 Å². The Balaban J connectivity index is 2.39. The molecule has 0 heterocycles. The summed E-state index contributed by atoms with van der Waals surface area (Å²) in [5.74, 6) is -0.760. The third-order valence-corrected chi connectivity index (χ3v) is 4.27. The van der Waals surface area contributed by atoms with E-state index in [1.165, 1.54) is 18.2 Å². The Labute approximate surface area is 130 Å². The Morgan fingerprint density at radius 1 is 1.20 bits per heavy atom. The molecule has 0 saturated carbocycles. The molecule has 2 aromatic rings. The van der Waals surface area contributed by atoms with Crippen molar-refractivity contribution in [2.24, 2.45) is 5.73 Å². The lowest BCUT2D eigenvalue weighted by atomic mass is 9.89. The fourth-order valence-electron chi connectivity index (χ4n) is 2.16. The standard InChI is InChI=1S/C15H14BrClFNO/c16-13-4-2-1-3-10(13)12(8-19)15(20)11-6-5-9(18)7-14(11)17/h1-7,12,15,20H,8,19H2. The molecular weight excluding hydrogens is 345 g/mol. The molecule has 3 N–H and O–H groups in total. The molecule has 2 nitrogen and oxygen atoms in total. The Hall–Kier alpha value is -0.940. The predicted molar refractivity (Wildman–Crippen MR) is 82.3 cm³/mol. The third kappa shape index (κ3) is 3.20. The normalized spacial score (nSPS) is 14.1. The first-order valence-corrected chi connectivity index (χ1v) is 7.29. The largest absolute Gasteiger partial charge is 0.388 e. The van der Waals surface area contributed by atoms with Gasteiger partial charge in [-0.1, -0.05) is 51.8 Å². The number of benzene rings is 2. The molecule has 0 aliphatic carbocycles. The zero-order valence-electron chi connectivity index (χ0n) is 10.6. The Kier molecular flexibility index (Phi) is 5.16. The maximum Gasteiger partial charge on any atom is 0.124 e. The van der Waals surface area contributed by atoms with E-state index in [9.17, 15) is 9.50 Å². The van der Waals surface area contributed by atoms with Crippen LogP contribution >= 0.6 is 27.5 Å². The summed E-state index contributed by atoms with van der Waals surface area (Å²) in [6.07, 6.45) is -0.896. The number of rotatable bonds is 4. The second-order valence-corrected chi connectivity index (χ2v) is 5.74. The molecule has 2 atom stereocenters. The molecule has 0 amide bonds. The lowest BCUT2D eigenvalue weighted by Gasteiger charge is -2.24. The van der Waals surface area contributed by atoms with Crippen LogP contribution in [0.15, 0.2) is 46.9 Å². The molecule has 2 unspecified atom stereocenters.